The molecular formula is C15H16BrNO3. The molecule has 106 valence electrons. The first-order valence-corrected chi connectivity index (χ1v) is 7.61. The summed E-state index contributed by atoms with van der Waals surface area (Å²) in [6.07, 6.45) is 2.55. The summed E-state index contributed by atoms with van der Waals surface area (Å²) in [6.45, 7) is 0.902. The Morgan fingerprint density at radius 2 is 2.10 bits per heavy atom. The number of fused-ring (bicyclic) bond motifs is 1. The van der Waals surface area contributed by atoms with E-state index in [9.17, 15) is 14.7 Å². The number of carboxylic acids is 1. The van der Waals surface area contributed by atoms with E-state index in [1.807, 2.05) is 18.2 Å². The Hall–Kier alpha value is -1.36. The van der Waals surface area contributed by atoms with Crippen molar-refractivity contribution in [3.63, 3.8) is 0 Å². The van der Waals surface area contributed by atoms with Crippen molar-refractivity contribution in [1.82, 2.24) is 4.90 Å². The van der Waals surface area contributed by atoms with Crippen LogP contribution in [0.4, 0.5) is 0 Å². The van der Waals surface area contributed by atoms with Gasteiger partial charge in [-0.25, -0.2) is 0 Å². The molecule has 0 aromatic heterocycles. The van der Waals surface area contributed by atoms with Gasteiger partial charge in [-0.15, -0.1) is 0 Å². The molecule has 0 spiro atoms. The van der Waals surface area contributed by atoms with Crippen LogP contribution in [0.25, 0.3) is 0 Å². The normalized spacial score (nSPS) is 28.4. The summed E-state index contributed by atoms with van der Waals surface area (Å²) >= 11 is 3.38. The average molecular weight is 338 g/mol. The van der Waals surface area contributed by atoms with E-state index in [1.165, 1.54) is 0 Å². The topological polar surface area (TPSA) is 57.6 Å². The van der Waals surface area contributed by atoms with Crippen LogP contribution in [0.3, 0.4) is 0 Å². The lowest BCUT2D eigenvalue weighted by Crippen LogP contribution is -2.37. The molecule has 0 radical (unpaired) electrons. The van der Waals surface area contributed by atoms with Gasteiger partial charge in [0.25, 0.3) is 5.91 Å². The molecule has 5 heteroatoms. The van der Waals surface area contributed by atoms with Crippen LogP contribution >= 0.6 is 15.9 Å². The fourth-order valence-corrected chi connectivity index (χ4v) is 4.05. The highest BCUT2D eigenvalue weighted by Gasteiger charge is 2.55. The van der Waals surface area contributed by atoms with E-state index < -0.39 is 11.4 Å². The standard InChI is InChI=1S/C15H16BrNO3/c16-12-6-2-1-5-11(12)13(18)17-8-10-4-3-7-15(10,9-17)14(19)20/h1-2,5-6,10H,3-4,7-9H2,(H,19,20)/t10-,15+/m0/s1. The summed E-state index contributed by atoms with van der Waals surface area (Å²) < 4.78 is 0.756. The zero-order valence-corrected chi connectivity index (χ0v) is 12.6. The number of halogens is 1. The molecular weight excluding hydrogens is 322 g/mol. The molecule has 20 heavy (non-hydrogen) atoms. The predicted octanol–water partition coefficient (Wildman–Crippen LogP) is 2.78. The van der Waals surface area contributed by atoms with Crippen LogP contribution < -0.4 is 0 Å². The van der Waals surface area contributed by atoms with Gasteiger partial charge in [0.05, 0.1) is 11.0 Å². The predicted molar refractivity (Wildman–Crippen MR) is 77.5 cm³/mol. The smallest absolute Gasteiger partial charge is 0.311 e. The number of benzene rings is 1. The molecule has 0 unspecified atom stereocenters. The number of aliphatic carboxylic acids is 1. The Kier molecular flexibility index (Phi) is 3.32. The molecule has 1 heterocycles. The number of carbonyl (C=O) groups is 2. The fraction of sp³-hybridized carbons (Fsp3) is 0.467. The molecule has 1 saturated heterocycles. The summed E-state index contributed by atoms with van der Waals surface area (Å²) in [5.74, 6) is -0.721. The van der Waals surface area contributed by atoms with Gasteiger partial charge in [-0.1, -0.05) is 18.6 Å². The first kappa shape index (κ1) is 13.6. The molecule has 1 aliphatic heterocycles. The van der Waals surface area contributed by atoms with Gasteiger partial charge >= 0.3 is 5.97 Å². The van der Waals surface area contributed by atoms with Crippen molar-refractivity contribution < 1.29 is 14.7 Å². The van der Waals surface area contributed by atoms with Crippen LogP contribution in [0.1, 0.15) is 29.6 Å². The summed E-state index contributed by atoms with van der Waals surface area (Å²) in [4.78, 5) is 25.9. The van der Waals surface area contributed by atoms with Crippen molar-refractivity contribution >= 4 is 27.8 Å². The first-order chi connectivity index (χ1) is 9.54. The Labute approximate surface area is 125 Å². The molecule has 2 atom stereocenters. The highest BCUT2D eigenvalue weighted by Crippen LogP contribution is 2.49. The molecule has 1 aromatic carbocycles. The average Bonchev–Trinajstić information content (AvgIpc) is 2.96. The number of hydrogen-bond donors (Lipinski definition) is 1. The minimum Gasteiger partial charge on any atom is -0.481 e. The molecule has 1 saturated carbocycles. The van der Waals surface area contributed by atoms with Gasteiger partial charge in [0.1, 0.15) is 0 Å². The maximum absolute atomic E-state index is 12.6. The molecule has 1 N–H and O–H groups in total. The van der Waals surface area contributed by atoms with Crippen LogP contribution in [0, 0.1) is 11.3 Å². The van der Waals surface area contributed by atoms with E-state index in [4.69, 9.17) is 0 Å². The Morgan fingerprint density at radius 3 is 2.75 bits per heavy atom. The van der Waals surface area contributed by atoms with Crippen molar-refractivity contribution in [3.8, 4) is 0 Å². The van der Waals surface area contributed by atoms with Crippen molar-refractivity contribution in [2.75, 3.05) is 13.1 Å². The maximum atomic E-state index is 12.6. The third-order valence-corrected chi connectivity index (χ3v) is 5.38. The molecule has 2 fully saturated rings. The number of amides is 1. The summed E-state index contributed by atoms with van der Waals surface area (Å²) in [6, 6.07) is 7.28. The number of nitrogens with zero attached hydrogens (tertiary/aromatic N) is 1. The Bertz CT molecular complexity index is 574. The second-order valence-corrected chi connectivity index (χ2v) is 6.57. The molecule has 1 amide bonds. The van der Waals surface area contributed by atoms with Gasteiger partial charge in [0, 0.05) is 17.6 Å². The van der Waals surface area contributed by atoms with Gasteiger partial charge in [-0.05, 0) is 46.8 Å². The summed E-state index contributed by atoms with van der Waals surface area (Å²) in [5.41, 5.74) is -0.107. The van der Waals surface area contributed by atoms with Crippen LogP contribution in [0.2, 0.25) is 0 Å². The highest BCUT2D eigenvalue weighted by molar-refractivity contribution is 9.10. The third-order valence-electron chi connectivity index (χ3n) is 4.69. The Balaban J connectivity index is 1.86. The zero-order chi connectivity index (χ0) is 14.3. The molecule has 3 rings (SSSR count). The van der Waals surface area contributed by atoms with Crippen molar-refractivity contribution in [3.05, 3.63) is 34.3 Å². The third kappa shape index (κ3) is 1.95. The molecule has 1 aromatic rings. The number of carboxylic acid groups (broad SMARTS) is 1. The minimum absolute atomic E-state index is 0.0764. The van der Waals surface area contributed by atoms with Gasteiger partial charge in [-0.3, -0.25) is 9.59 Å². The lowest BCUT2D eigenvalue weighted by molar-refractivity contribution is -0.149. The van der Waals surface area contributed by atoms with E-state index in [2.05, 4.69) is 15.9 Å². The number of hydrogen-bond acceptors (Lipinski definition) is 2. The minimum atomic E-state index is -0.748. The van der Waals surface area contributed by atoms with Gasteiger partial charge in [0.15, 0.2) is 0 Å². The van der Waals surface area contributed by atoms with E-state index in [0.29, 0.717) is 25.1 Å². The largest absolute Gasteiger partial charge is 0.481 e. The monoisotopic (exact) mass is 337 g/mol. The van der Waals surface area contributed by atoms with E-state index >= 15 is 0 Å². The van der Waals surface area contributed by atoms with Crippen LogP contribution in [0.5, 0.6) is 0 Å². The summed E-state index contributed by atoms with van der Waals surface area (Å²) in [5, 5.41) is 9.55. The maximum Gasteiger partial charge on any atom is 0.311 e. The zero-order valence-electron chi connectivity index (χ0n) is 11.0. The number of likely N-dealkylation sites (tertiary alicyclic amines) is 1. The van der Waals surface area contributed by atoms with Gasteiger partial charge < -0.3 is 10.0 Å². The lowest BCUT2D eigenvalue weighted by Gasteiger charge is -2.23. The van der Waals surface area contributed by atoms with Gasteiger partial charge in [0.2, 0.25) is 0 Å². The van der Waals surface area contributed by atoms with Crippen LogP contribution in [-0.2, 0) is 4.79 Å². The SMILES string of the molecule is O=C(c1ccccc1Br)N1C[C@@H]2CCC[C@@]2(C(=O)O)C1. The fourth-order valence-electron chi connectivity index (χ4n) is 3.60. The van der Waals surface area contributed by atoms with Crippen molar-refractivity contribution in [1.29, 1.82) is 0 Å². The van der Waals surface area contributed by atoms with E-state index in [1.54, 1.807) is 11.0 Å². The van der Waals surface area contributed by atoms with E-state index in [-0.39, 0.29) is 11.8 Å². The summed E-state index contributed by atoms with van der Waals surface area (Å²) in [7, 11) is 0. The van der Waals surface area contributed by atoms with Gasteiger partial charge in [-0.2, -0.15) is 0 Å². The van der Waals surface area contributed by atoms with E-state index in [0.717, 1.165) is 17.3 Å². The molecule has 2 aliphatic rings. The molecule has 0 bridgehead atoms. The highest BCUT2D eigenvalue weighted by atomic mass is 79.9. The second kappa shape index (κ2) is 4.88. The molecule has 1 aliphatic carbocycles. The molecule has 4 nitrogen and oxygen atoms in total. The first-order valence-electron chi connectivity index (χ1n) is 6.82. The number of carbonyl (C=O) groups excluding carboxylic acids is 1. The van der Waals surface area contributed by atoms with Crippen molar-refractivity contribution in [2.24, 2.45) is 11.3 Å². The number of rotatable bonds is 2. The lowest BCUT2D eigenvalue weighted by atomic mass is 9.81. The van der Waals surface area contributed by atoms with Crippen molar-refractivity contribution in [2.45, 2.75) is 19.3 Å². The van der Waals surface area contributed by atoms with Crippen LogP contribution in [0.15, 0.2) is 28.7 Å². The quantitative estimate of drug-likeness (QED) is 0.902. The van der Waals surface area contributed by atoms with Crippen LogP contribution in [-0.4, -0.2) is 35.0 Å². The Morgan fingerprint density at radius 1 is 1.35 bits per heavy atom. The second-order valence-electron chi connectivity index (χ2n) is 5.72.